The summed E-state index contributed by atoms with van der Waals surface area (Å²) in [6.45, 7) is 10.1. The SMILES string of the molecule is CC.CCC(C)(C#N)CC. The van der Waals surface area contributed by atoms with E-state index in [1.54, 1.807) is 0 Å². The predicted molar refractivity (Wildman–Crippen MR) is 45.7 cm³/mol. The minimum absolute atomic E-state index is 0.0694. The topological polar surface area (TPSA) is 23.8 Å². The van der Waals surface area contributed by atoms with Crippen LogP contribution in [-0.2, 0) is 0 Å². The van der Waals surface area contributed by atoms with Crippen molar-refractivity contribution in [2.75, 3.05) is 0 Å². The Morgan fingerprint density at radius 3 is 1.50 bits per heavy atom. The Bertz CT molecular complexity index is 95.8. The van der Waals surface area contributed by atoms with Crippen LogP contribution in [0.4, 0.5) is 0 Å². The smallest absolute Gasteiger partial charge is 0.0686 e. The second-order valence-corrected chi connectivity index (χ2v) is 2.38. The van der Waals surface area contributed by atoms with Gasteiger partial charge in [0.1, 0.15) is 0 Å². The van der Waals surface area contributed by atoms with E-state index in [0.29, 0.717) is 0 Å². The van der Waals surface area contributed by atoms with E-state index in [2.05, 4.69) is 6.07 Å². The molecule has 0 aliphatic heterocycles. The quantitative estimate of drug-likeness (QED) is 0.578. The van der Waals surface area contributed by atoms with Gasteiger partial charge in [0.25, 0.3) is 0 Å². The minimum atomic E-state index is -0.0694. The van der Waals surface area contributed by atoms with Gasteiger partial charge in [0, 0.05) is 0 Å². The molecule has 0 aliphatic rings. The molecule has 0 saturated carbocycles. The van der Waals surface area contributed by atoms with Crippen molar-refractivity contribution in [1.29, 1.82) is 5.26 Å². The Labute approximate surface area is 65.1 Å². The third-order valence-corrected chi connectivity index (χ3v) is 1.83. The van der Waals surface area contributed by atoms with E-state index >= 15 is 0 Å². The number of rotatable bonds is 2. The molecule has 0 radical (unpaired) electrons. The summed E-state index contributed by atoms with van der Waals surface area (Å²) < 4.78 is 0. The molecule has 0 atom stereocenters. The highest BCUT2D eigenvalue weighted by atomic mass is 14.3. The van der Waals surface area contributed by atoms with Gasteiger partial charge in [0.2, 0.25) is 0 Å². The highest BCUT2D eigenvalue weighted by Gasteiger charge is 2.16. The zero-order chi connectivity index (χ0) is 8.62. The molecule has 0 aromatic carbocycles. The molecule has 0 aliphatic carbocycles. The fraction of sp³-hybridized carbons (Fsp3) is 0.889. The zero-order valence-corrected chi connectivity index (χ0v) is 7.86. The fourth-order valence-electron chi connectivity index (χ4n) is 0.408. The van der Waals surface area contributed by atoms with Crippen LogP contribution in [-0.4, -0.2) is 0 Å². The highest BCUT2D eigenvalue weighted by molar-refractivity contribution is 4.92. The van der Waals surface area contributed by atoms with E-state index in [1.165, 1.54) is 0 Å². The van der Waals surface area contributed by atoms with Crippen LogP contribution in [0.2, 0.25) is 0 Å². The summed E-state index contributed by atoms with van der Waals surface area (Å²) in [6, 6.07) is 2.28. The van der Waals surface area contributed by atoms with E-state index in [9.17, 15) is 0 Å². The van der Waals surface area contributed by atoms with E-state index in [1.807, 2.05) is 34.6 Å². The number of nitriles is 1. The molecule has 0 saturated heterocycles. The second-order valence-electron chi connectivity index (χ2n) is 2.38. The first-order valence-electron chi connectivity index (χ1n) is 4.09. The van der Waals surface area contributed by atoms with Crippen molar-refractivity contribution in [1.82, 2.24) is 0 Å². The molecule has 0 spiro atoms. The first kappa shape index (κ1) is 12.2. The maximum atomic E-state index is 8.54. The van der Waals surface area contributed by atoms with Crippen molar-refractivity contribution < 1.29 is 0 Å². The molecule has 1 nitrogen and oxygen atoms in total. The molecule has 0 rings (SSSR count). The molecule has 0 aromatic heterocycles. The van der Waals surface area contributed by atoms with Gasteiger partial charge in [-0.3, -0.25) is 0 Å². The first-order valence-corrected chi connectivity index (χ1v) is 4.09. The Morgan fingerprint density at radius 2 is 1.50 bits per heavy atom. The molecule has 0 heterocycles. The molecule has 60 valence electrons. The lowest BCUT2D eigenvalue weighted by atomic mass is 9.87. The van der Waals surface area contributed by atoms with Gasteiger partial charge in [-0.25, -0.2) is 0 Å². The van der Waals surface area contributed by atoms with Gasteiger partial charge in [-0.2, -0.15) is 5.26 Å². The number of nitrogens with zero attached hydrogens (tertiary/aromatic N) is 1. The molecule has 0 aromatic rings. The summed E-state index contributed by atoms with van der Waals surface area (Å²) in [5.74, 6) is 0. The van der Waals surface area contributed by atoms with Crippen LogP contribution in [0.15, 0.2) is 0 Å². The zero-order valence-electron chi connectivity index (χ0n) is 7.86. The third kappa shape index (κ3) is 4.38. The van der Waals surface area contributed by atoms with Crippen molar-refractivity contribution in [3.05, 3.63) is 0 Å². The predicted octanol–water partition coefficient (Wildman–Crippen LogP) is 3.36. The summed E-state index contributed by atoms with van der Waals surface area (Å²) in [7, 11) is 0. The summed E-state index contributed by atoms with van der Waals surface area (Å²) in [4.78, 5) is 0. The second kappa shape index (κ2) is 6.61. The summed E-state index contributed by atoms with van der Waals surface area (Å²) in [5.41, 5.74) is -0.0694. The monoisotopic (exact) mass is 141 g/mol. The molecule has 0 N–H and O–H groups in total. The van der Waals surface area contributed by atoms with E-state index in [-0.39, 0.29) is 5.41 Å². The first-order chi connectivity index (χ1) is 4.68. The largest absolute Gasteiger partial charge is 0.198 e. The third-order valence-electron chi connectivity index (χ3n) is 1.83. The van der Waals surface area contributed by atoms with Gasteiger partial charge in [-0.05, 0) is 19.8 Å². The fourth-order valence-corrected chi connectivity index (χ4v) is 0.408. The van der Waals surface area contributed by atoms with Gasteiger partial charge < -0.3 is 0 Å². The Balaban J connectivity index is 0. The van der Waals surface area contributed by atoms with Crippen molar-refractivity contribution in [2.45, 2.75) is 47.5 Å². The lowest BCUT2D eigenvalue weighted by molar-refractivity contribution is 0.410. The van der Waals surface area contributed by atoms with E-state index in [4.69, 9.17) is 5.26 Å². The van der Waals surface area contributed by atoms with Gasteiger partial charge in [-0.1, -0.05) is 27.7 Å². The molecule has 0 fully saturated rings. The van der Waals surface area contributed by atoms with Crippen molar-refractivity contribution in [2.24, 2.45) is 5.41 Å². The van der Waals surface area contributed by atoms with Crippen LogP contribution in [0, 0.1) is 16.7 Å². The summed E-state index contributed by atoms with van der Waals surface area (Å²) in [5, 5.41) is 8.54. The Hall–Kier alpha value is -0.510. The lowest BCUT2D eigenvalue weighted by Crippen LogP contribution is -2.09. The van der Waals surface area contributed by atoms with Crippen molar-refractivity contribution >= 4 is 0 Å². The normalized spacial score (nSPS) is 9.20. The number of hydrogen-bond donors (Lipinski definition) is 0. The Morgan fingerprint density at radius 1 is 1.20 bits per heavy atom. The van der Waals surface area contributed by atoms with Crippen molar-refractivity contribution in [3.8, 4) is 6.07 Å². The molecular formula is C9H19N. The van der Waals surface area contributed by atoms with Crippen LogP contribution in [0.3, 0.4) is 0 Å². The van der Waals surface area contributed by atoms with Gasteiger partial charge in [0.05, 0.1) is 11.5 Å². The summed E-state index contributed by atoms with van der Waals surface area (Å²) >= 11 is 0. The van der Waals surface area contributed by atoms with Gasteiger partial charge >= 0.3 is 0 Å². The average Bonchev–Trinajstić information content (AvgIpc) is 2.07. The van der Waals surface area contributed by atoms with E-state index in [0.717, 1.165) is 12.8 Å². The molecule has 10 heavy (non-hydrogen) atoms. The highest BCUT2D eigenvalue weighted by Crippen LogP contribution is 2.22. The van der Waals surface area contributed by atoms with Crippen LogP contribution in [0.25, 0.3) is 0 Å². The molecular weight excluding hydrogens is 122 g/mol. The maximum absolute atomic E-state index is 8.54. The van der Waals surface area contributed by atoms with Crippen LogP contribution in [0.1, 0.15) is 47.5 Å². The minimum Gasteiger partial charge on any atom is -0.198 e. The molecule has 0 amide bonds. The van der Waals surface area contributed by atoms with Gasteiger partial charge in [0.15, 0.2) is 0 Å². The van der Waals surface area contributed by atoms with E-state index < -0.39 is 0 Å². The standard InChI is InChI=1S/C7H13N.C2H6/c1-4-7(3,5-2)6-8;1-2/h4-5H2,1-3H3;1-2H3. The summed E-state index contributed by atoms with van der Waals surface area (Å²) in [6.07, 6.45) is 1.92. The molecule has 0 unspecified atom stereocenters. The number of hydrogen-bond acceptors (Lipinski definition) is 1. The molecule has 0 bridgehead atoms. The van der Waals surface area contributed by atoms with Crippen molar-refractivity contribution in [3.63, 3.8) is 0 Å². The molecule has 1 heteroatoms. The van der Waals surface area contributed by atoms with Gasteiger partial charge in [-0.15, -0.1) is 0 Å². The maximum Gasteiger partial charge on any atom is 0.0686 e. The Kier molecular flexibility index (Phi) is 8.06. The lowest BCUT2D eigenvalue weighted by Gasteiger charge is -2.14. The van der Waals surface area contributed by atoms with Crippen LogP contribution >= 0.6 is 0 Å². The van der Waals surface area contributed by atoms with Crippen LogP contribution < -0.4 is 0 Å². The van der Waals surface area contributed by atoms with Crippen LogP contribution in [0.5, 0.6) is 0 Å². The average molecular weight is 141 g/mol.